The molecule has 4 rings (SSSR count). The second-order valence-corrected chi connectivity index (χ2v) is 7.84. The second-order valence-electron chi connectivity index (χ2n) is 7.84. The largest absolute Gasteiger partial charge is 0.487 e. The fourth-order valence-electron chi connectivity index (χ4n) is 4.61. The van der Waals surface area contributed by atoms with Crippen molar-refractivity contribution in [3.8, 4) is 5.75 Å². The average Bonchev–Trinajstić information content (AvgIpc) is 3.30. The van der Waals surface area contributed by atoms with Crippen molar-refractivity contribution in [3.05, 3.63) is 42.0 Å². The number of carbonyl (C=O) groups is 1. The first kappa shape index (κ1) is 20.3. The summed E-state index contributed by atoms with van der Waals surface area (Å²) in [4.78, 5) is 16.2. The van der Waals surface area contributed by atoms with E-state index in [4.69, 9.17) is 4.74 Å². The third-order valence-electron chi connectivity index (χ3n) is 6.11. The Morgan fingerprint density at radius 2 is 2.03 bits per heavy atom. The van der Waals surface area contributed by atoms with Crippen LogP contribution in [-0.2, 0) is 0 Å². The van der Waals surface area contributed by atoms with E-state index in [0.29, 0.717) is 38.6 Å². The second kappa shape index (κ2) is 8.04. The highest BCUT2D eigenvalue weighted by Gasteiger charge is 2.31. The van der Waals surface area contributed by atoms with Crippen LogP contribution in [0.15, 0.2) is 30.7 Å². The van der Waals surface area contributed by atoms with E-state index in [2.05, 4.69) is 17.0 Å². The lowest BCUT2D eigenvalue weighted by Gasteiger charge is -2.33. The molecule has 1 aliphatic carbocycles. The highest BCUT2D eigenvalue weighted by Crippen LogP contribution is 2.38. The molecule has 3 heterocycles. The predicted octanol–water partition coefficient (Wildman–Crippen LogP) is 4.83. The maximum atomic E-state index is 12.7. The Balaban J connectivity index is 1.48. The highest BCUT2D eigenvalue weighted by molar-refractivity contribution is 6.04. The number of carboxylic acids is 1. The number of hydrogen-bond donors (Lipinski definition) is 1. The van der Waals surface area contributed by atoms with Gasteiger partial charge in [-0.2, -0.15) is 13.9 Å². The summed E-state index contributed by atoms with van der Waals surface area (Å²) in [5.41, 5.74) is 1.71. The Labute approximate surface area is 172 Å². The Morgan fingerprint density at radius 1 is 1.30 bits per heavy atom. The van der Waals surface area contributed by atoms with Gasteiger partial charge >= 0.3 is 12.5 Å². The van der Waals surface area contributed by atoms with Gasteiger partial charge in [-0.1, -0.05) is 0 Å². The zero-order valence-corrected chi connectivity index (χ0v) is 16.8. The normalized spacial score (nSPS) is 20.6. The molecule has 3 aromatic heterocycles. The number of pyridine rings is 1. The molecule has 0 radical (unpaired) electrons. The highest BCUT2D eigenvalue weighted by atomic mass is 19.3. The van der Waals surface area contributed by atoms with Gasteiger partial charge in [0.15, 0.2) is 5.75 Å². The SMILES string of the molecule is Cc1c(C(=O)O)c2cccnc2n1[C@H](C)C1CCC(Oc2cnn(C(F)F)c2)CC1. The minimum Gasteiger partial charge on any atom is -0.487 e. The third-order valence-corrected chi connectivity index (χ3v) is 6.11. The van der Waals surface area contributed by atoms with Gasteiger partial charge in [-0.3, -0.25) is 0 Å². The van der Waals surface area contributed by atoms with E-state index in [1.807, 2.05) is 11.5 Å². The van der Waals surface area contributed by atoms with Gasteiger partial charge in [-0.05, 0) is 57.6 Å². The summed E-state index contributed by atoms with van der Waals surface area (Å²) in [7, 11) is 0. The number of fused-ring (bicyclic) bond motifs is 1. The average molecular weight is 418 g/mol. The van der Waals surface area contributed by atoms with Crippen molar-refractivity contribution in [3.63, 3.8) is 0 Å². The molecule has 1 N–H and O–H groups in total. The van der Waals surface area contributed by atoms with Crippen LogP contribution in [0.4, 0.5) is 8.78 Å². The predicted molar refractivity (Wildman–Crippen MR) is 106 cm³/mol. The Hall–Kier alpha value is -2.97. The summed E-state index contributed by atoms with van der Waals surface area (Å²) in [6.45, 7) is 1.25. The van der Waals surface area contributed by atoms with Crippen LogP contribution in [0.5, 0.6) is 5.75 Å². The van der Waals surface area contributed by atoms with Crippen LogP contribution in [0, 0.1) is 12.8 Å². The summed E-state index contributed by atoms with van der Waals surface area (Å²) in [6, 6.07) is 3.63. The Morgan fingerprint density at radius 3 is 2.67 bits per heavy atom. The molecule has 0 bridgehead atoms. The maximum absolute atomic E-state index is 12.7. The molecular weight excluding hydrogens is 394 g/mol. The number of hydrogen-bond acceptors (Lipinski definition) is 4. The molecule has 0 aromatic carbocycles. The van der Waals surface area contributed by atoms with Gasteiger partial charge in [-0.25, -0.2) is 14.5 Å². The van der Waals surface area contributed by atoms with Crippen LogP contribution in [0.25, 0.3) is 11.0 Å². The molecule has 1 saturated carbocycles. The van der Waals surface area contributed by atoms with Gasteiger partial charge < -0.3 is 14.4 Å². The molecule has 0 aliphatic heterocycles. The Kier molecular flexibility index (Phi) is 5.44. The first-order chi connectivity index (χ1) is 14.4. The van der Waals surface area contributed by atoms with E-state index in [1.54, 1.807) is 18.3 Å². The summed E-state index contributed by atoms with van der Waals surface area (Å²) in [5, 5.41) is 13.9. The third kappa shape index (κ3) is 3.64. The smallest absolute Gasteiger partial charge is 0.338 e. The first-order valence-corrected chi connectivity index (χ1v) is 10.0. The molecule has 1 fully saturated rings. The molecule has 9 heteroatoms. The number of aromatic carboxylic acids is 1. The van der Waals surface area contributed by atoms with E-state index in [0.717, 1.165) is 25.7 Å². The number of rotatable bonds is 6. The minimum atomic E-state index is -2.68. The number of halogens is 2. The lowest BCUT2D eigenvalue weighted by molar-refractivity contribution is 0.0556. The van der Waals surface area contributed by atoms with Crippen LogP contribution >= 0.6 is 0 Å². The van der Waals surface area contributed by atoms with Crippen molar-refractivity contribution in [1.82, 2.24) is 19.3 Å². The quantitative estimate of drug-likeness (QED) is 0.620. The standard InChI is InChI=1S/C21H24F2N4O3/c1-12(27-13(2)18(20(28)29)17-4-3-9-24-19(17)27)14-5-7-15(8-6-14)30-16-10-25-26(11-16)21(22)23/h3-4,9-12,14-15,21H,5-8H2,1-2H3,(H,28,29)/t12-,14?,15?/m1/s1. The fraction of sp³-hybridized carbons (Fsp3) is 0.476. The summed E-state index contributed by atoms with van der Waals surface area (Å²) in [5.74, 6) is -0.251. The Bertz CT molecular complexity index is 1050. The van der Waals surface area contributed by atoms with E-state index in [-0.39, 0.29) is 12.1 Å². The molecule has 0 spiro atoms. The number of carboxylic acid groups (broad SMARTS) is 1. The number of nitrogens with zero attached hydrogens (tertiary/aromatic N) is 4. The van der Waals surface area contributed by atoms with E-state index >= 15 is 0 Å². The first-order valence-electron chi connectivity index (χ1n) is 10.0. The summed E-state index contributed by atoms with van der Waals surface area (Å²) >= 11 is 0. The summed E-state index contributed by atoms with van der Waals surface area (Å²) in [6.07, 6.45) is 7.55. The minimum absolute atomic E-state index is 0.0426. The van der Waals surface area contributed by atoms with Gasteiger partial charge in [0.2, 0.25) is 0 Å². The summed E-state index contributed by atoms with van der Waals surface area (Å²) < 4.78 is 33.8. The van der Waals surface area contributed by atoms with Gasteiger partial charge in [0, 0.05) is 23.3 Å². The molecule has 3 aromatic rings. The van der Waals surface area contributed by atoms with Crippen LogP contribution < -0.4 is 4.74 Å². The lowest BCUT2D eigenvalue weighted by Crippen LogP contribution is -2.28. The van der Waals surface area contributed by atoms with Crippen molar-refractivity contribution in [1.29, 1.82) is 0 Å². The lowest BCUT2D eigenvalue weighted by atomic mass is 9.83. The van der Waals surface area contributed by atoms with E-state index < -0.39 is 12.5 Å². The van der Waals surface area contributed by atoms with Crippen molar-refractivity contribution < 1.29 is 23.4 Å². The molecule has 160 valence electrons. The van der Waals surface area contributed by atoms with Gasteiger partial charge in [-0.15, -0.1) is 0 Å². The molecule has 7 nitrogen and oxygen atoms in total. The molecule has 0 saturated heterocycles. The maximum Gasteiger partial charge on any atom is 0.338 e. The van der Waals surface area contributed by atoms with Crippen LogP contribution in [-0.4, -0.2) is 36.5 Å². The number of aromatic nitrogens is 4. The van der Waals surface area contributed by atoms with Crippen LogP contribution in [0.2, 0.25) is 0 Å². The number of alkyl halides is 2. The number of ether oxygens (including phenoxy) is 1. The van der Waals surface area contributed by atoms with E-state index in [9.17, 15) is 18.7 Å². The van der Waals surface area contributed by atoms with Crippen molar-refractivity contribution in [2.24, 2.45) is 5.92 Å². The van der Waals surface area contributed by atoms with Gasteiger partial charge in [0.25, 0.3) is 0 Å². The molecular formula is C21H24F2N4O3. The van der Waals surface area contributed by atoms with Gasteiger partial charge in [0.1, 0.15) is 5.65 Å². The molecule has 0 unspecified atom stereocenters. The topological polar surface area (TPSA) is 82.2 Å². The molecule has 1 aliphatic rings. The van der Waals surface area contributed by atoms with Crippen LogP contribution in [0.3, 0.4) is 0 Å². The monoisotopic (exact) mass is 418 g/mol. The molecule has 30 heavy (non-hydrogen) atoms. The van der Waals surface area contributed by atoms with Crippen LogP contribution in [0.1, 0.15) is 61.3 Å². The van der Waals surface area contributed by atoms with E-state index in [1.165, 1.54) is 12.4 Å². The fourth-order valence-corrected chi connectivity index (χ4v) is 4.61. The van der Waals surface area contributed by atoms with Crippen molar-refractivity contribution in [2.75, 3.05) is 0 Å². The van der Waals surface area contributed by atoms with Gasteiger partial charge in [0.05, 0.1) is 24.1 Å². The zero-order valence-electron chi connectivity index (χ0n) is 16.8. The zero-order chi connectivity index (χ0) is 21.4. The van der Waals surface area contributed by atoms with Crippen molar-refractivity contribution >= 4 is 17.0 Å². The van der Waals surface area contributed by atoms with Crippen molar-refractivity contribution in [2.45, 2.75) is 58.2 Å². The molecule has 1 atom stereocenters. The molecule has 0 amide bonds.